The van der Waals surface area contributed by atoms with E-state index in [9.17, 15) is 18.0 Å². The molecule has 0 aliphatic rings. The zero-order valence-electron chi connectivity index (χ0n) is 23.6. The molecule has 0 aromatic heterocycles. The number of methoxy groups -OCH3 is 1. The van der Waals surface area contributed by atoms with Gasteiger partial charge in [0.2, 0.25) is 21.8 Å². The number of rotatable bonds is 15. The SMILES string of the molecule is CCCCNC(=O)[C@H](CC)N(Cc1cccc(OC)c1)C(=O)CCCN(c1cc(C)ccc1C)S(C)(=O)=O. The van der Waals surface area contributed by atoms with E-state index in [2.05, 4.69) is 12.2 Å². The third-order valence-electron chi connectivity index (χ3n) is 6.49. The first kappa shape index (κ1) is 31.1. The van der Waals surface area contributed by atoms with Crippen LogP contribution in [0.2, 0.25) is 0 Å². The van der Waals surface area contributed by atoms with Gasteiger partial charge in [0.05, 0.1) is 19.1 Å². The van der Waals surface area contributed by atoms with Gasteiger partial charge in [0, 0.05) is 26.1 Å². The second kappa shape index (κ2) is 14.8. The van der Waals surface area contributed by atoms with Crippen LogP contribution in [0.5, 0.6) is 5.75 Å². The normalized spacial score (nSPS) is 12.1. The van der Waals surface area contributed by atoms with E-state index >= 15 is 0 Å². The molecule has 0 unspecified atom stereocenters. The first-order valence-corrected chi connectivity index (χ1v) is 15.1. The molecule has 0 radical (unpaired) electrons. The molecule has 1 N–H and O–H groups in total. The lowest BCUT2D eigenvalue weighted by molar-refractivity contribution is -0.141. The fourth-order valence-corrected chi connectivity index (χ4v) is 5.38. The zero-order valence-corrected chi connectivity index (χ0v) is 24.4. The van der Waals surface area contributed by atoms with Crippen LogP contribution in [-0.4, -0.2) is 57.6 Å². The van der Waals surface area contributed by atoms with E-state index in [4.69, 9.17) is 4.74 Å². The van der Waals surface area contributed by atoms with Gasteiger partial charge >= 0.3 is 0 Å². The van der Waals surface area contributed by atoms with E-state index in [1.54, 1.807) is 12.0 Å². The predicted octanol–water partition coefficient (Wildman–Crippen LogP) is 4.58. The van der Waals surface area contributed by atoms with Crippen LogP contribution in [0.15, 0.2) is 42.5 Å². The number of carbonyl (C=O) groups excluding carboxylic acids is 2. The summed E-state index contributed by atoms with van der Waals surface area (Å²) in [5.74, 6) is 0.303. The summed E-state index contributed by atoms with van der Waals surface area (Å²) >= 11 is 0. The van der Waals surface area contributed by atoms with Crippen molar-refractivity contribution in [3.63, 3.8) is 0 Å². The average molecular weight is 546 g/mol. The van der Waals surface area contributed by atoms with Gasteiger partial charge in [-0.25, -0.2) is 8.42 Å². The van der Waals surface area contributed by atoms with Crippen LogP contribution in [0.1, 0.15) is 62.6 Å². The number of hydrogen-bond acceptors (Lipinski definition) is 5. The Morgan fingerprint density at radius 3 is 2.42 bits per heavy atom. The molecule has 0 spiro atoms. The smallest absolute Gasteiger partial charge is 0.242 e. The Labute approximate surface area is 228 Å². The summed E-state index contributed by atoms with van der Waals surface area (Å²) in [6.45, 7) is 8.72. The second-order valence-corrected chi connectivity index (χ2v) is 11.6. The summed E-state index contributed by atoms with van der Waals surface area (Å²) in [5.41, 5.74) is 3.28. The molecule has 0 bridgehead atoms. The topological polar surface area (TPSA) is 96.0 Å². The minimum atomic E-state index is -3.55. The number of sulfonamides is 1. The maximum atomic E-state index is 13.6. The number of ether oxygens (including phenoxy) is 1. The van der Waals surface area contributed by atoms with E-state index in [-0.39, 0.29) is 31.3 Å². The molecule has 2 amide bonds. The molecule has 0 heterocycles. The lowest BCUT2D eigenvalue weighted by Gasteiger charge is -2.31. The number of nitrogens with one attached hydrogen (secondary N) is 1. The van der Waals surface area contributed by atoms with Crippen LogP contribution in [-0.2, 0) is 26.2 Å². The van der Waals surface area contributed by atoms with Crippen LogP contribution < -0.4 is 14.4 Å². The van der Waals surface area contributed by atoms with Crippen molar-refractivity contribution in [2.75, 3.05) is 30.8 Å². The molecule has 2 aromatic rings. The summed E-state index contributed by atoms with van der Waals surface area (Å²) in [6.07, 6.45) is 3.90. The molecule has 0 fully saturated rings. The van der Waals surface area contributed by atoms with Gasteiger partial charge in [-0.15, -0.1) is 0 Å². The van der Waals surface area contributed by atoms with Crippen LogP contribution in [0.4, 0.5) is 5.69 Å². The third kappa shape index (κ3) is 9.04. The molecule has 0 saturated heterocycles. The minimum Gasteiger partial charge on any atom is -0.497 e. The summed E-state index contributed by atoms with van der Waals surface area (Å²) in [6, 6.07) is 12.5. The number of aryl methyl sites for hydroxylation is 2. The van der Waals surface area contributed by atoms with E-state index in [1.165, 1.54) is 10.6 Å². The molecule has 210 valence electrons. The molecule has 2 rings (SSSR count). The molecule has 0 aliphatic heterocycles. The first-order chi connectivity index (χ1) is 18.0. The van der Waals surface area contributed by atoms with E-state index in [0.29, 0.717) is 30.8 Å². The highest BCUT2D eigenvalue weighted by Gasteiger charge is 2.29. The Morgan fingerprint density at radius 2 is 1.79 bits per heavy atom. The van der Waals surface area contributed by atoms with Crippen LogP contribution in [0.3, 0.4) is 0 Å². The molecule has 8 nitrogen and oxygen atoms in total. The first-order valence-electron chi connectivity index (χ1n) is 13.3. The summed E-state index contributed by atoms with van der Waals surface area (Å²) < 4.78 is 32.0. The number of benzene rings is 2. The Kier molecular flexibility index (Phi) is 12.1. The van der Waals surface area contributed by atoms with E-state index in [1.807, 2.05) is 63.2 Å². The number of anilines is 1. The highest BCUT2D eigenvalue weighted by Crippen LogP contribution is 2.25. The van der Waals surface area contributed by atoms with Gasteiger partial charge in [0.1, 0.15) is 11.8 Å². The van der Waals surface area contributed by atoms with Crippen molar-refractivity contribution in [2.24, 2.45) is 0 Å². The Balaban J connectivity index is 2.25. The van der Waals surface area contributed by atoms with Crippen LogP contribution in [0.25, 0.3) is 0 Å². The number of unbranched alkanes of at least 4 members (excludes halogenated alkanes) is 1. The van der Waals surface area contributed by atoms with Gasteiger partial charge < -0.3 is 15.0 Å². The number of nitrogens with zero attached hydrogens (tertiary/aromatic N) is 2. The van der Waals surface area contributed by atoms with Crippen LogP contribution in [0, 0.1) is 13.8 Å². The van der Waals surface area contributed by atoms with Crippen molar-refractivity contribution >= 4 is 27.5 Å². The second-order valence-electron chi connectivity index (χ2n) is 9.67. The fourth-order valence-electron chi connectivity index (χ4n) is 4.36. The number of amides is 2. The molecule has 38 heavy (non-hydrogen) atoms. The molecule has 9 heteroatoms. The lowest BCUT2D eigenvalue weighted by atomic mass is 10.1. The van der Waals surface area contributed by atoms with Gasteiger partial charge in [0.15, 0.2) is 0 Å². The molecule has 0 saturated carbocycles. The zero-order chi connectivity index (χ0) is 28.3. The van der Waals surface area contributed by atoms with Gasteiger partial charge in [-0.05, 0) is 68.0 Å². The number of carbonyl (C=O) groups is 2. The van der Waals surface area contributed by atoms with Crippen molar-refractivity contribution < 1.29 is 22.7 Å². The highest BCUT2D eigenvalue weighted by atomic mass is 32.2. The monoisotopic (exact) mass is 545 g/mol. The Morgan fingerprint density at radius 1 is 1.05 bits per heavy atom. The van der Waals surface area contributed by atoms with Crippen molar-refractivity contribution in [1.82, 2.24) is 10.2 Å². The van der Waals surface area contributed by atoms with Crippen molar-refractivity contribution in [3.05, 3.63) is 59.2 Å². The van der Waals surface area contributed by atoms with Crippen LogP contribution >= 0.6 is 0 Å². The fraction of sp³-hybridized carbons (Fsp3) is 0.517. The van der Waals surface area contributed by atoms with Crippen molar-refractivity contribution in [1.29, 1.82) is 0 Å². The summed E-state index contributed by atoms with van der Waals surface area (Å²) in [4.78, 5) is 28.2. The number of hydrogen-bond donors (Lipinski definition) is 1. The maximum Gasteiger partial charge on any atom is 0.242 e. The maximum absolute atomic E-state index is 13.6. The standard InChI is InChI=1S/C29H43N3O5S/c1-7-9-17-30-29(34)26(8-2)31(21-24-12-10-13-25(20-24)37-5)28(33)14-11-18-32(38(6,35)36)27-19-22(3)15-16-23(27)4/h10,12-13,15-16,19-20,26H,7-9,11,14,17-18,21H2,1-6H3,(H,30,34)/t26-/m0/s1. The Bertz CT molecular complexity index is 1180. The minimum absolute atomic E-state index is 0.111. The molecule has 1 atom stereocenters. The molecule has 2 aromatic carbocycles. The lowest BCUT2D eigenvalue weighted by Crippen LogP contribution is -2.49. The van der Waals surface area contributed by atoms with Crippen molar-refractivity contribution in [3.8, 4) is 5.75 Å². The predicted molar refractivity (Wildman–Crippen MR) is 153 cm³/mol. The average Bonchev–Trinajstić information content (AvgIpc) is 2.87. The highest BCUT2D eigenvalue weighted by molar-refractivity contribution is 7.92. The van der Waals surface area contributed by atoms with Gasteiger partial charge in [0.25, 0.3) is 0 Å². The van der Waals surface area contributed by atoms with E-state index < -0.39 is 16.1 Å². The molecular weight excluding hydrogens is 502 g/mol. The molecular formula is C29H43N3O5S. The quantitative estimate of drug-likeness (QED) is 0.331. The van der Waals surface area contributed by atoms with Gasteiger partial charge in [-0.2, -0.15) is 0 Å². The largest absolute Gasteiger partial charge is 0.497 e. The van der Waals surface area contributed by atoms with Crippen molar-refractivity contribution in [2.45, 2.75) is 72.4 Å². The summed E-state index contributed by atoms with van der Waals surface area (Å²) in [5, 5.41) is 2.96. The molecule has 0 aliphatic carbocycles. The summed E-state index contributed by atoms with van der Waals surface area (Å²) in [7, 11) is -1.96. The van der Waals surface area contributed by atoms with E-state index in [0.717, 1.165) is 29.5 Å². The Hall–Kier alpha value is -3.07. The third-order valence-corrected chi connectivity index (χ3v) is 7.67. The van der Waals surface area contributed by atoms with Gasteiger partial charge in [-0.1, -0.05) is 44.5 Å². The van der Waals surface area contributed by atoms with Gasteiger partial charge in [-0.3, -0.25) is 13.9 Å².